The normalized spacial score (nSPS) is 16.8. The molecule has 0 rings (SSSR count). The Kier molecular flexibility index (Phi) is 5.54. The highest BCUT2D eigenvalue weighted by molar-refractivity contribution is 4.67. The summed E-state index contributed by atoms with van der Waals surface area (Å²) in [5.41, 5.74) is 5.18. The molecule has 3 heteroatoms. The fraction of sp³-hybridized carbons (Fsp3) is 1.00. The highest BCUT2D eigenvalue weighted by Gasteiger charge is 2.16. The summed E-state index contributed by atoms with van der Waals surface area (Å²) in [5, 5.41) is 0. The molecule has 2 nitrogen and oxygen atoms in total. The van der Waals surface area contributed by atoms with Gasteiger partial charge in [0, 0.05) is 7.11 Å². The van der Waals surface area contributed by atoms with E-state index >= 15 is 0 Å². The third kappa shape index (κ3) is 3.13. The number of hydrogen-bond acceptors (Lipinski definition) is 2. The van der Waals surface area contributed by atoms with Gasteiger partial charge in [0.15, 0.2) is 0 Å². The minimum absolute atomic E-state index is 0.274. The summed E-state index contributed by atoms with van der Waals surface area (Å²) in [7, 11) is 1.53. The molecule has 62 valence electrons. The molecular formula is C7H16FNO. The molecule has 10 heavy (non-hydrogen) atoms. The molecule has 0 fully saturated rings. The summed E-state index contributed by atoms with van der Waals surface area (Å²) in [6, 6.07) is 0. The Hall–Kier alpha value is -0.150. The van der Waals surface area contributed by atoms with Crippen molar-refractivity contribution in [2.75, 3.05) is 13.7 Å². The van der Waals surface area contributed by atoms with E-state index < -0.39 is 6.17 Å². The molecule has 0 spiro atoms. The largest absolute Gasteiger partial charge is 0.378 e. The maximum Gasteiger partial charge on any atom is 0.127 e. The fourth-order valence-electron chi connectivity index (χ4n) is 0.915. The van der Waals surface area contributed by atoms with Gasteiger partial charge in [-0.05, 0) is 19.4 Å². The Balaban J connectivity index is 3.53. The molecule has 0 bridgehead atoms. The molecule has 0 aliphatic carbocycles. The van der Waals surface area contributed by atoms with Crippen molar-refractivity contribution in [1.82, 2.24) is 0 Å². The molecule has 0 radical (unpaired) electrons. The zero-order valence-corrected chi connectivity index (χ0v) is 6.64. The van der Waals surface area contributed by atoms with Crippen molar-refractivity contribution in [3.05, 3.63) is 0 Å². The third-order valence-electron chi connectivity index (χ3n) is 1.55. The predicted molar refractivity (Wildman–Crippen MR) is 39.7 cm³/mol. The first-order valence-electron chi connectivity index (χ1n) is 3.63. The van der Waals surface area contributed by atoms with Crippen LogP contribution in [0.1, 0.15) is 19.8 Å². The van der Waals surface area contributed by atoms with Gasteiger partial charge in [-0.1, -0.05) is 6.92 Å². The van der Waals surface area contributed by atoms with Gasteiger partial charge in [-0.2, -0.15) is 0 Å². The lowest BCUT2D eigenvalue weighted by Crippen LogP contribution is -2.25. The van der Waals surface area contributed by atoms with Crippen molar-refractivity contribution in [2.45, 2.75) is 32.0 Å². The zero-order valence-electron chi connectivity index (χ0n) is 6.64. The number of halogens is 1. The molecule has 0 saturated heterocycles. The van der Waals surface area contributed by atoms with Crippen molar-refractivity contribution in [3.8, 4) is 0 Å². The van der Waals surface area contributed by atoms with E-state index in [4.69, 9.17) is 10.5 Å². The average Bonchev–Trinajstić information content (AvgIpc) is 1.91. The van der Waals surface area contributed by atoms with Crippen LogP contribution >= 0.6 is 0 Å². The van der Waals surface area contributed by atoms with E-state index in [2.05, 4.69) is 0 Å². The molecule has 0 heterocycles. The molecule has 0 aliphatic heterocycles. The molecule has 0 amide bonds. The average molecular weight is 149 g/mol. The lowest BCUT2D eigenvalue weighted by Gasteiger charge is -2.16. The van der Waals surface area contributed by atoms with E-state index in [-0.39, 0.29) is 6.10 Å². The molecule has 0 saturated carbocycles. The van der Waals surface area contributed by atoms with Gasteiger partial charge in [-0.15, -0.1) is 0 Å². The van der Waals surface area contributed by atoms with Gasteiger partial charge < -0.3 is 10.5 Å². The van der Waals surface area contributed by atoms with E-state index in [0.717, 1.165) is 0 Å². The summed E-state index contributed by atoms with van der Waals surface area (Å²) < 4.78 is 17.7. The van der Waals surface area contributed by atoms with Crippen LogP contribution in [0.3, 0.4) is 0 Å². The number of methoxy groups -OCH3 is 1. The Morgan fingerprint density at radius 1 is 1.60 bits per heavy atom. The van der Waals surface area contributed by atoms with Crippen LogP contribution in [0, 0.1) is 0 Å². The van der Waals surface area contributed by atoms with Gasteiger partial charge in [0.1, 0.15) is 6.17 Å². The van der Waals surface area contributed by atoms with E-state index in [0.29, 0.717) is 19.4 Å². The van der Waals surface area contributed by atoms with Crippen molar-refractivity contribution < 1.29 is 9.13 Å². The van der Waals surface area contributed by atoms with Crippen LogP contribution in [-0.4, -0.2) is 25.9 Å². The van der Waals surface area contributed by atoms with E-state index in [1.165, 1.54) is 7.11 Å². The van der Waals surface area contributed by atoms with Crippen LogP contribution in [-0.2, 0) is 4.74 Å². The number of ether oxygens (including phenoxy) is 1. The van der Waals surface area contributed by atoms with E-state index in [1.807, 2.05) is 6.92 Å². The number of nitrogens with two attached hydrogens (primary N) is 1. The van der Waals surface area contributed by atoms with Crippen LogP contribution in [0.15, 0.2) is 0 Å². The first kappa shape index (κ1) is 9.85. The second kappa shape index (κ2) is 5.62. The maximum absolute atomic E-state index is 12.9. The highest BCUT2D eigenvalue weighted by Crippen LogP contribution is 2.09. The Morgan fingerprint density at radius 3 is 2.50 bits per heavy atom. The summed E-state index contributed by atoms with van der Waals surface area (Å²) in [5.74, 6) is 0. The van der Waals surface area contributed by atoms with Crippen molar-refractivity contribution in [2.24, 2.45) is 5.73 Å². The second-order valence-corrected chi connectivity index (χ2v) is 2.28. The first-order valence-corrected chi connectivity index (χ1v) is 3.63. The molecule has 0 aromatic carbocycles. The van der Waals surface area contributed by atoms with Gasteiger partial charge in [-0.3, -0.25) is 0 Å². The first-order chi connectivity index (χ1) is 4.76. The number of alkyl halides is 1. The smallest absolute Gasteiger partial charge is 0.127 e. The summed E-state index contributed by atoms with van der Waals surface area (Å²) in [6.07, 6.45) is -0.0761. The standard InChI is InChI=1S/C7H16FNO/c1-3-7(10-2)6(8)4-5-9/h6-7H,3-5,9H2,1-2H3. The predicted octanol–water partition coefficient (Wildman–Crippen LogP) is 1.10. The molecule has 2 atom stereocenters. The van der Waals surface area contributed by atoms with E-state index in [1.54, 1.807) is 0 Å². The highest BCUT2D eigenvalue weighted by atomic mass is 19.1. The SMILES string of the molecule is CCC(OC)C(F)CCN. The third-order valence-corrected chi connectivity index (χ3v) is 1.55. The lowest BCUT2D eigenvalue weighted by atomic mass is 10.1. The molecular weight excluding hydrogens is 133 g/mol. The van der Waals surface area contributed by atoms with Crippen LogP contribution in [0.25, 0.3) is 0 Å². The van der Waals surface area contributed by atoms with Gasteiger partial charge in [0.2, 0.25) is 0 Å². The van der Waals surface area contributed by atoms with Crippen LogP contribution in [0.4, 0.5) is 4.39 Å². The van der Waals surface area contributed by atoms with Crippen molar-refractivity contribution in [1.29, 1.82) is 0 Å². The minimum atomic E-state index is -0.903. The molecule has 2 unspecified atom stereocenters. The topological polar surface area (TPSA) is 35.2 Å². The molecule has 0 aromatic rings. The zero-order chi connectivity index (χ0) is 7.98. The van der Waals surface area contributed by atoms with Crippen LogP contribution in [0.2, 0.25) is 0 Å². The number of hydrogen-bond donors (Lipinski definition) is 1. The molecule has 2 N–H and O–H groups in total. The molecule has 0 aromatic heterocycles. The summed E-state index contributed by atoms with van der Waals surface area (Å²) >= 11 is 0. The van der Waals surface area contributed by atoms with Crippen molar-refractivity contribution in [3.63, 3.8) is 0 Å². The maximum atomic E-state index is 12.9. The summed E-state index contributed by atoms with van der Waals surface area (Å²) in [6.45, 7) is 2.29. The minimum Gasteiger partial charge on any atom is -0.378 e. The van der Waals surface area contributed by atoms with Gasteiger partial charge in [-0.25, -0.2) is 4.39 Å². The Morgan fingerprint density at radius 2 is 2.20 bits per heavy atom. The second-order valence-electron chi connectivity index (χ2n) is 2.28. The van der Waals surface area contributed by atoms with Gasteiger partial charge in [0.05, 0.1) is 6.10 Å². The lowest BCUT2D eigenvalue weighted by molar-refractivity contribution is 0.0275. The van der Waals surface area contributed by atoms with Crippen molar-refractivity contribution >= 4 is 0 Å². The quantitative estimate of drug-likeness (QED) is 0.635. The fourth-order valence-corrected chi connectivity index (χ4v) is 0.915. The Bertz CT molecular complexity index is 76.0. The van der Waals surface area contributed by atoms with Gasteiger partial charge in [0.25, 0.3) is 0 Å². The van der Waals surface area contributed by atoms with Gasteiger partial charge >= 0.3 is 0 Å². The molecule has 0 aliphatic rings. The van der Waals surface area contributed by atoms with E-state index in [9.17, 15) is 4.39 Å². The monoisotopic (exact) mass is 149 g/mol. The van der Waals surface area contributed by atoms with Crippen LogP contribution < -0.4 is 5.73 Å². The Labute approximate surface area is 61.5 Å². The number of rotatable bonds is 5. The van der Waals surface area contributed by atoms with Crippen LogP contribution in [0.5, 0.6) is 0 Å². The summed E-state index contributed by atoms with van der Waals surface area (Å²) in [4.78, 5) is 0.